The first-order chi connectivity index (χ1) is 7.81. The van der Waals surface area contributed by atoms with Crippen LogP contribution in [-0.4, -0.2) is 41.8 Å². The second-order valence-electron chi connectivity index (χ2n) is 5.51. The second kappa shape index (κ2) is 5.99. The zero-order valence-electron chi connectivity index (χ0n) is 10.3. The van der Waals surface area contributed by atoms with Crippen LogP contribution in [0.3, 0.4) is 0 Å². The topological polar surface area (TPSA) is 49.5 Å². The highest BCUT2D eigenvalue weighted by Gasteiger charge is 2.30. The fourth-order valence-electron chi connectivity index (χ4n) is 3.38. The van der Waals surface area contributed by atoms with E-state index >= 15 is 0 Å². The normalized spacial score (nSPS) is 36.0. The van der Waals surface area contributed by atoms with Crippen LogP contribution < -0.4 is 5.73 Å². The van der Waals surface area contributed by atoms with Crippen molar-refractivity contribution in [3.05, 3.63) is 0 Å². The molecule has 3 nitrogen and oxygen atoms in total. The minimum absolute atomic E-state index is 0.341. The van der Waals surface area contributed by atoms with Gasteiger partial charge in [-0.2, -0.15) is 0 Å². The molecule has 0 amide bonds. The van der Waals surface area contributed by atoms with Gasteiger partial charge in [0.25, 0.3) is 0 Å². The van der Waals surface area contributed by atoms with Crippen molar-refractivity contribution in [2.24, 2.45) is 11.7 Å². The Kier molecular flexibility index (Phi) is 4.62. The van der Waals surface area contributed by atoms with Crippen molar-refractivity contribution in [3.63, 3.8) is 0 Å². The molecule has 0 spiro atoms. The molecule has 1 heterocycles. The van der Waals surface area contributed by atoms with Gasteiger partial charge in [-0.05, 0) is 51.0 Å². The van der Waals surface area contributed by atoms with Crippen LogP contribution in [0.15, 0.2) is 0 Å². The molecule has 3 atom stereocenters. The zero-order chi connectivity index (χ0) is 11.4. The highest BCUT2D eigenvalue weighted by atomic mass is 16.2. The lowest BCUT2D eigenvalue weighted by Gasteiger charge is -2.28. The van der Waals surface area contributed by atoms with Crippen molar-refractivity contribution in [1.29, 1.82) is 0 Å². The summed E-state index contributed by atoms with van der Waals surface area (Å²) in [5, 5.41) is 8.90. The zero-order valence-corrected chi connectivity index (χ0v) is 10.3. The molecule has 0 aromatic rings. The van der Waals surface area contributed by atoms with E-state index in [4.69, 9.17) is 10.8 Å². The van der Waals surface area contributed by atoms with E-state index in [0.29, 0.717) is 12.6 Å². The largest absolute Gasteiger partial charge is 0.396 e. The molecule has 2 rings (SSSR count). The van der Waals surface area contributed by atoms with Crippen LogP contribution >= 0.6 is 0 Å². The molecule has 1 aliphatic heterocycles. The average Bonchev–Trinajstić information content (AvgIpc) is 2.87. The smallest absolute Gasteiger partial charge is 0.0431 e. The molecule has 1 saturated carbocycles. The quantitative estimate of drug-likeness (QED) is 0.744. The molecule has 1 aliphatic carbocycles. The van der Waals surface area contributed by atoms with Gasteiger partial charge in [0.1, 0.15) is 0 Å². The molecule has 0 aromatic carbocycles. The number of aliphatic hydroxyl groups is 1. The molecular weight excluding hydrogens is 200 g/mol. The van der Waals surface area contributed by atoms with Gasteiger partial charge in [-0.1, -0.05) is 6.42 Å². The summed E-state index contributed by atoms with van der Waals surface area (Å²) in [7, 11) is 0. The molecule has 0 aromatic heterocycles. The summed E-state index contributed by atoms with van der Waals surface area (Å²) < 4.78 is 0. The maximum atomic E-state index is 8.90. The monoisotopic (exact) mass is 226 g/mol. The van der Waals surface area contributed by atoms with Crippen LogP contribution in [0.2, 0.25) is 0 Å². The van der Waals surface area contributed by atoms with Crippen molar-refractivity contribution in [3.8, 4) is 0 Å². The SMILES string of the molecule is NC1CCCC1CN1CCCC1CCCO. The van der Waals surface area contributed by atoms with Gasteiger partial charge in [-0.25, -0.2) is 0 Å². The fraction of sp³-hybridized carbons (Fsp3) is 1.00. The molecule has 3 unspecified atom stereocenters. The third-order valence-electron chi connectivity index (χ3n) is 4.38. The summed E-state index contributed by atoms with van der Waals surface area (Å²) in [5.41, 5.74) is 6.14. The van der Waals surface area contributed by atoms with Gasteiger partial charge in [0.2, 0.25) is 0 Å². The van der Waals surface area contributed by atoms with Crippen LogP contribution in [0, 0.1) is 5.92 Å². The van der Waals surface area contributed by atoms with E-state index in [1.54, 1.807) is 0 Å². The summed E-state index contributed by atoms with van der Waals surface area (Å²) in [6.45, 7) is 2.80. The highest BCUT2D eigenvalue weighted by Crippen LogP contribution is 2.29. The number of nitrogens with zero attached hydrogens (tertiary/aromatic N) is 1. The summed E-state index contributed by atoms with van der Waals surface area (Å²) >= 11 is 0. The van der Waals surface area contributed by atoms with Crippen molar-refractivity contribution < 1.29 is 5.11 Å². The highest BCUT2D eigenvalue weighted by molar-refractivity contribution is 4.87. The first-order valence-corrected chi connectivity index (χ1v) is 6.91. The van der Waals surface area contributed by atoms with Crippen LogP contribution in [0.1, 0.15) is 44.9 Å². The van der Waals surface area contributed by atoms with Crippen LogP contribution in [-0.2, 0) is 0 Å². The molecule has 3 N–H and O–H groups in total. The number of nitrogens with two attached hydrogens (primary N) is 1. The number of hydrogen-bond acceptors (Lipinski definition) is 3. The minimum Gasteiger partial charge on any atom is -0.396 e. The standard InChI is InChI=1S/C13H26N2O/c14-13-7-1-4-11(13)10-15-8-2-5-12(15)6-3-9-16/h11-13,16H,1-10,14H2. The molecule has 94 valence electrons. The maximum absolute atomic E-state index is 8.90. The van der Waals surface area contributed by atoms with Gasteiger partial charge < -0.3 is 15.7 Å². The minimum atomic E-state index is 0.341. The predicted molar refractivity (Wildman–Crippen MR) is 66.2 cm³/mol. The van der Waals surface area contributed by atoms with Crippen molar-refractivity contribution in [2.75, 3.05) is 19.7 Å². The Morgan fingerprint density at radius 3 is 2.75 bits per heavy atom. The fourth-order valence-corrected chi connectivity index (χ4v) is 3.38. The second-order valence-corrected chi connectivity index (χ2v) is 5.51. The number of rotatable bonds is 5. The summed E-state index contributed by atoms with van der Waals surface area (Å²) in [5.74, 6) is 0.731. The van der Waals surface area contributed by atoms with E-state index in [1.807, 2.05) is 0 Å². The molecule has 2 fully saturated rings. The Labute approximate surface area is 99.0 Å². The van der Waals surface area contributed by atoms with E-state index < -0.39 is 0 Å². The van der Waals surface area contributed by atoms with E-state index in [2.05, 4.69) is 4.90 Å². The van der Waals surface area contributed by atoms with Crippen molar-refractivity contribution in [2.45, 2.75) is 57.0 Å². The van der Waals surface area contributed by atoms with E-state index in [-0.39, 0.29) is 0 Å². The lowest BCUT2D eigenvalue weighted by Crippen LogP contribution is -2.38. The Bertz CT molecular complexity index is 210. The van der Waals surface area contributed by atoms with E-state index in [1.165, 1.54) is 51.6 Å². The predicted octanol–water partition coefficient (Wildman–Crippen LogP) is 1.35. The Morgan fingerprint density at radius 2 is 2.06 bits per heavy atom. The Morgan fingerprint density at radius 1 is 1.19 bits per heavy atom. The lowest BCUT2D eigenvalue weighted by molar-refractivity contribution is 0.186. The number of aliphatic hydroxyl groups excluding tert-OH is 1. The first-order valence-electron chi connectivity index (χ1n) is 6.91. The molecule has 16 heavy (non-hydrogen) atoms. The molecule has 1 saturated heterocycles. The van der Waals surface area contributed by atoms with Crippen LogP contribution in [0.4, 0.5) is 0 Å². The van der Waals surface area contributed by atoms with Crippen molar-refractivity contribution >= 4 is 0 Å². The molecule has 2 aliphatic rings. The van der Waals surface area contributed by atoms with Gasteiger partial charge in [-0.3, -0.25) is 0 Å². The molecule has 0 bridgehead atoms. The number of likely N-dealkylation sites (tertiary alicyclic amines) is 1. The summed E-state index contributed by atoms with van der Waals surface area (Å²) in [4.78, 5) is 2.63. The van der Waals surface area contributed by atoms with Gasteiger partial charge in [0, 0.05) is 25.2 Å². The molecule has 3 heteroatoms. The van der Waals surface area contributed by atoms with E-state index in [9.17, 15) is 0 Å². The van der Waals surface area contributed by atoms with Crippen molar-refractivity contribution in [1.82, 2.24) is 4.90 Å². The number of hydrogen-bond donors (Lipinski definition) is 2. The molecule has 0 radical (unpaired) electrons. The van der Waals surface area contributed by atoms with Gasteiger partial charge in [-0.15, -0.1) is 0 Å². The lowest BCUT2D eigenvalue weighted by atomic mass is 10.0. The first kappa shape index (κ1) is 12.3. The van der Waals surface area contributed by atoms with Crippen LogP contribution in [0.5, 0.6) is 0 Å². The Balaban J connectivity index is 1.78. The molecular formula is C13H26N2O. The summed E-state index contributed by atoms with van der Waals surface area (Å²) in [6.07, 6.45) is 8.64. The van der Waals surface area contributed by atoms with Gasteiger partial charge in [0.05, 0.1) is 0 Å². The maximum Gasteiger partial charge on any atom is 0.0431 e. The third kappa shape index (κ3) is 2.96. The van der Waals surface area contributed by atoms with Gasteiger partial charge >= 0.3 is 0 Å². The third-order valence-corrected chi connectivity index (χ3v) is 4.38. The average molecular weight is 226 g/mol. The van der Waals surface area contributed by atoms with Gasteiger partial charge in [0.15, 0.2) is 0 Å². The van der Waals surface area contributed by atoms with Crippen LogP contribution in [0.25, 0.3) is 0 Å². The summed E-state index contributed by atoms with van der Waals surface area (Å²) in [6, 6.07) is 1.17. The van der Waals surface area contributed by atoms with E-state index in [0.717, 1.165) is 18.4 Å². The Hall–Kier alpha value is -0.120.